The number of thioether (sulfide) groups is 1. The molecule has 0 radical (unpaired) electrons. The van der Waals surface area contributed by atoms with Gasteiger partial charge in [-0.25, -0.2) is 4.79 Å². The minimum Gasteiger partial charge on any atom is -0.612 e. The van der Waals surface area contributed by atoms with Gasteiger partial charge in [-0.05, 0) is 42.3 Å². The van der Waals surface area contributed by atoms with Crippen LogP contribution in [0.4, 0.5) is 0 Å². The van der Waals surface area contributed by atoms with Crippen LogP contribution in [0.1, 0.15) is 21.5 Å². The molecule has 31 heavy (non-hydrogen) atoms. The number of hydrogen-bond acceptors (Lipinski definition) is 5. The summed E-state index contributed by atoms with van der Waals surface area (Å²) in [6.45, 7) is 1.93. The molecule has 1 aliphatic carbocycles. The molecule has 0 atom stereocenters. The lowest BCUT2D eigenvalue weighted by Crippen LogP contribution is -2.27. The predicted molar refractivity (Wildman–Crippen MR) is 125 cm³/mol. The minimum absolute atomic E-state index is 0.00233. The molecule has 0 amide bonds. The van der Waals surface area contributed by atoms with Gasteiger partial charge in [0.15, 0.2) is 0 Å². The normalized spacial score (nSPS) is 18.6. The second-order valence-electron chi connectivity index (χ2n) is 6.91. The van der Waals surface area contributed by atoms with Crippen LogP contribution >= 0.6 is 23.4 Å². The Morgan fingerprint density at radius 2 is 1.90 bits per heavy atom. The second-order valence-corrected chi connectivity index (χ2v) is 8.19. The number of benzene rings is 2. The molecule has 2 N–H and O–H groups in total. The van der Waals surface area contributed by atoms with Crippen molar-refractivity contribution in [3.05, 3.63) is 109 Å². The molecule has 0 unspecified atom stereocenters. The number of carboxylic acids is 1. The van der Waals surface area contributed by atoms with E-state index in [0.717, 1.165) is 21.9 Å². The number of carboxylic acid groups (broad SMARTS) is 1. The average molecular weight is 452 g/mol. The number of rotatable bonds is 2. The molecule has 4 rings (SSSR count). The Hall–Kier alpha value is -3.42. The fourth-order valence-corrected chi connectivity index (χ4v) is 4.33. The Balaban J connectivity index is 1.80. The lowest BCUT2D eigenvalue weighted by atomic mass is 9.99. The van der Waals surface area contributed by atoms with Gasteiger partial charge in [-0.15, -0.1) is 0 Å². The van der Waals surface area contributed by atoms with Gasteiger partial charge in [-0.2, -0.15) is 4.90 Å². The molecular formula is C23H16ClN2O4S-. The van der Waals surface area contributed by atoms with Crippen LogP contribution < -0.4 is 15.8 Å². The molecule has 8 heteroatoms. The highest BCUT2D eigenvalue weighted by Gasteiger charge is 2.18. The summed E-state index contributed by atoms with van der Waals surface area (Å²) in [4.78, 5) is 11.5. The zero-order chi connectivity index (χ0) is 22.1. The summed E-state index contributed by atoms with van der Waals surface area (Å²) in [5, 5.41) is 40.3. The fraction of sp³-hybridized carbons (Fsp3) is 0.0435. The number of allylic oxidation sites excluding steroid dienone is 4. The van der Waals surface area contributed by atoms with E-state index < -0.39 is 10.9 Å². The third kappa shape index (κ3) is 4.10. The number of hydrogen-bond donors (Lipinski definition) is 2. The van der Waals surface area contributed by atoms with E-state index in [-0.39, 0.29) is 16.8 Å². The molecule has 0 bridgehead atoms. The van der Waals surface area contributed by atoms with Crippen molar-refractivity contribution in [3.8, 4) is 0 Å². The third-order valence-electron chi connectivity index (χ3n) is 4.91. The van der Waals surface area contributed by atoms with E-state index in [1.807, 2.05) is 30.5 Å². The van der Waals surface area contributed by atoms with Crippen molar-refractivity contribution in [2.75, 3.05) is 0 Å². The van der Waals surface area contributed by atoms with Gasteiger partial charge < -0.3 is 20.8 Å². The van der Waals surface area contributed by atoms with Crippen LogP contribution in [0.3, 0.4) is 0 Å². The summed E-state index contributed by atoms with van der Waals surface area (Å²) >= 11 is 7.55. The van der Waals surface area contributed by atoms with Gasteiger partial charge in [0.05, 0.1) is 21.9 Å². The third-order valence-corrected chi connectivity index (χ3v) is 6.27. The van der Waals surface area contributed by atoms with Crippen LogP contribution in [-0.2, 0) is 0 Å². The highest BCUT2D eigenvalue weighted by Crippen LogP contribution is 2.31. The lowest BCUT2D eigenvalue weighted by molar-refractivity contribution is -0.376. The first-order chi connectivity index (χ1) is 14.8. The SMILES string of the molecule is Cc1cc(C2=CSC(=c3ccc(=C4C=CC=CC4=[N+]([O-])[O-])c(C(=O)O)c3)N2)ccc1Cl. The molecule has 1 heterocycles. The zero-order valence-corrected chi connectivity index (χ0v) is 17.8. The van der Waals surface area contributed by atoms with E-state index in [2.05, 4.69) is 5.32 Å². The Bertz CT molecular complexity index is 1350. The molecule has 1 aliphatic heterocycles. The van der Waals surface area contributed by atoms with E-state index in [0.29, 0.717) is 15.5 Å². The van der Waals surface area contributed by atoms with Crippen molar-refractivity contribution < 1.29 is 14.8 Å². The molecule has 2 aromatic rings. The summed E-state index contributed by atoms with van der Waals surface area (Å²) in [5.41, 5.74) is 2.95. The quantitative estimate of drug-likeness (QED) is 0.536. The second kappa shape index (κ2) is 8.37. The predicted octanol–water partition coefficient (Wildman–Crippen LogP) is 3.47. The summed E-state index contributed by atoms with van der Waals surface area (Å²) in [6, 6.07) is 10.6. The Labute approximate surface area is 187 Å². The first-order valence-electron chi connectivity index (χ1n) is 9.24. The van der Waals surface area contributed by atoms with Crippen LogP contribution in [0.25, 0.3) is 16.3 Å². The van der Waals surface area contributed by atoms with Gasteiger partial charge in [0.2, 0.25) is 5.71 Å². The highest BCUT2D eigenvalue weighted by atomic mass is 35.5. The van der Waals surface area contributed by atoms with Gasteiger partial charge in [0.25, 0.3) is 0 Å². The standard InChI is InChI=1S/C23H16ClN2O4S/c1-13-10-14(7-9-19(13)24)20-12-31-22(25-20)15-6-8-16(18(11-15)23(27)28)17-4-2-3-5-21(17)26(29)30/h2-12,25H,1H3,(H-,27,28,29,30)/q-1. The van der Waals surface area contributed by atoms with Crippen molar-refractivity contribution >= 4 is 51.3 Å². The lowest BCUT2D eigenvalue weighted by Gasteiger charge is -2.12. The van der Waals surface area contributed by atoms with E-state index in [9.17, 15) is 20.3 Å². The summed E-state index contributed by atoms with van der Waals surface area (Å²) < 4.78 is 0. The van der Waals surface area contributed by atoms with Crippen molar-refractivity contribution in [1.82, 2.24) is 5.32 Å². The number of nitrogens with zero attached hydrogens (tertiary/aromatic N) is 1. The first kappa shape index (κ1) is 20.8. The van der Waals surface area contributed by atoms with Gasteiger partial charge in [0.1, 0.15) is 0 Å². The van der Waals surface area contributed by atoms with Crippen LogP contribution in [0.5, 0.6) is 0 Å². The van der Waals surface area contributed by atoms with Crippen molar-refractivity contribution in [1.29, 1.82) is 0 Å². The number of halogens is 1. The van der Waals surface area contributed by atoms with Gasteiger partial charge >= 0.3 is 5.97 Å². The maximum absolute atomic E-state index is 12.0. The molecule has 6 nitrogen and oxygen atoms in total. The molecule has 0 aromatic heterocycles. The molecule has 2 aliphatic rings. The summed E-state index contributed by atoms with van der Waals surface area (Å²) in [7, 11) is 0. The zero-order valence-electron chi connectivity index (χ0n) is 16.3. The highest BCUT2D eigenvalue weighted by molar-refractivity contribution is 8.11. The summed E-state index contributed by atoms with van der Waals surface area (Å²) in [5.74, 6) is -1.15. The van der Waals surface area contributed by atoms with Crippen LogP contribution in [0, 0.1) is 17.3 Å². The topological polar surface area (TPSA) is 98.5 Å². The fourth-order valence-electron chi connectivity index (χ4n) is 3.35. The van der Waals surface area contributed by atoms with Crippen molar-refractivity contribution in [2.24, 2.45) is 0 Å². The largest absolute Gasteiger partial charge is 0.612 e. The van der Waals surface area contributed by atoms with E-state index in [4.69, 9.17) is 11.6 Å². The Kier molecular flexibility index (Phi) is 5.63. The van der Waals surface area contributed by atoms with Gasteiger partial charge in [0, 0.05) is 26.9 Å². The summed E-state index contributed by atoms with van der Waals surface area (Å²) in [6.07, 6.45) is 6.12. The first-order valence-corrected chi connectivity index (χ1v) is 10.5. The van der Waals surface area contributed by atoms with Crippen LogP contribution in [0.15, 0.2) is 66.1 Å². The molecule has 0 spiro atoms. The number of aromatic carboxylic acids is 1. The Morgan fingerprint density at radius 3 is 2.61 bits per heavy atom. The Morgan fingerprint density at radius 1 is 1.13 bits per heavy atom. The molecule has 0 saturated heterocycles. The number of nitrogens with one attached hydrogen (secondary N) is 1. The van der Waals surface area contributed by atoms with Crippen LogP contribution in [0.2, 0.25) is 5.02 Å². The maximum atomic E-state index is 12.0. The molecule has 156 valence electrons. The minimum atomic E-state index is -1.15. The average Bonchev–Trinajstić information content (AvgIpc) is 3.25. The van der Waals surface area contributed by atoms with Crippen molar-refractivity contribution in [3.63, 3.8) is 0 Å². The van der Waals surface area contributed by atoms with E-state index in [1.54, 1.807) is 30.4 Å². The molecule has 0 fully saturated rings. The number of carbonyl (C=O) groups is 1. The molecule has 0 saturated carbocycles. The maximum Gasteiger partial charge on any atom is 0.336 e. The van der Waals surface area contributed by atoms with Gasteiger partial charge in [-0.1, -0.05) is 53.7 Å². The monoisotopic (exact) mass is 451 g/mol. The number of aryl methyl sites for hydroxylation is 1. The van der Waals surface area contributed by atoms with Gasteiger partial charge in [-0.3, -0.25) is 0 Å². The van der Waals surface area contributed by atoms with E-state index in [1.165, 1.54) is 23.9 Å². The smallest absolute Gasteiger partial charge is 0.336 e. The van der Waals surface area contributed by atoms with Crippen molar-refractivity contribution in [2.45, 2.75) is 6.92 Å². The van der Waals surface area contributed by atoms with E-state index >= 15 is 0 Å². The van der Waals surface area contributed by atoms with Crippen LogP contribution in [-0.4, -0.2) is 21.7 Å². The molecule has 2 aromatic carbocycles. The molecular weight excluding hydrogens is 436 g/mol.